The molecule has 4 N–H and O–H groups in total. The fourth-order valence-corrected chi connectivity index (χ4v) is 3.04. The fraction of sp³-hybridized carbons (Fsp3) is 0.250. The fourth-order valence-electron chi connectivity index (χ4n) is 3.04. The zero-order valence-corrected chi connectivity index (χ0v) is 14.6. The highest BCUT2D eigenvalue weighted by Crippen LogP contribution is 2.31. The van der Waals surface area contributed by atoms with Crippen LogP contribution in [0.2, 0.25) is 0 Å². The Morgan fingerprint density at radius 3 is 2.15 bits per heavy atom. The smallest absolute Gasteiger partial charge is 0.227 e. The van der Waals surface area contributed by atoms with Crippen molar-refractivity contribution in [3.8, 4) is 0 Å². The second kappa shape index (κ2) is 8.11. The minimum atomic E-state index is -0.856. The van der Waals surface area contributed by atoms with Gasteiger partial charge in [-0.15, -0.1) is 0 Å². The number of carbonyl (C=O) groups is 3. The van der Waals surface area contributed by atoms with E-state index in [4.69, 9.17) is 10.2 Å². The van der Waals surface area contributed by atoms with E-state index in [2.05, 4.69) is 10.6 Å². The molecule has 1 aliphatic carbocycles. The molecule has 0 spiro atoms. The first-order valence-corrected chi connectivity index (χ1v) is 8.63. The van der Waals surface area contributed by atoms with E-state index in [1.165, 1.54) is 0 Å². The minimum absolute atomic E-state index is 0.189. The van der Waals surface area contributed by atoms with Gasteiger partial charge in [0.05, 0.1) is 24.7 Å². The SMILES string of the molecule is O=C1c2ccccc2C(=O)c2c(NCCNC(=O)C(CO)CO)cccc21. The summed E-state index contributed by atoms with van der Waals surface area (Å²) in [4.78, 5) is 37.3. The highest BCUT2D eigenvalue weighted by atomic mass is 16.3. The van der Waals surface area contributed by atoms with Crippen LogP contribution in [-0.2, 0) is 4.79 Å². The number of hydrogen-bond acceptors (Lipinski definition) is 6. The molecule has 7 heteroatoms. The van der Waals surface area contributed by atoms with Crippen molar-refractivity contribution in [1.82, 2.24) is 5.32 Å². The molecule has 0 saturated carbocycles. The predicted molar refractivity (Wildman–Crippen MR) is 98.9 cm³/mol. The Hall–Kier alpha value is -3.03. The first-order valence-electron chi connectivity index (χ1n) is 8.63. The van der Waals surface area contributed by atoms with Crippen LogP contribution in [0.1, 0.15) is 31.8 Å². The summed E-state index contributed by atoms with van der Waals surface area (Å²) in [5.74, 6) is -1.71. The Bertz CT molecular complexity index is 890. The monoisotopic (exact) mass is 368 g/mol. The third kappa shape index (κ3) is 3.60. The molecule has 0 radical (unpaired) electrons. The summed E-state index contributed by atoms with van der Waals surface area (Å²) in [5, 5.41) is 23.7. The van der Waals surface area contributed by atoms with E-state index < -0.39 is 25.0 Å². The number of carbonyl (C=O) groups excluding carboxylic acids is 3. The molecular formula is C20H20N2O5. The number of hydrogen-bond donors (Lipinski definition) is 4. The molecule has 3 rings (SSSR count). The average Bonchev–Trinajstić information content (AvgIpc) is 2.70. The number of aliphatic hydroxyl groups is 2. The highest BCUT2D eigenvalue weighted by Gasteiger charge is 2.31. The Labute approximate surface area is 156 Å². The van der Waals surface area contributed by atoms with Gasteiger partial charge in [-0.3, -0.25) is 14.4 Å². The molecule has 140 valence electrons. The van der Waals surface area contributed by atoms with E-state index in [-0.39, 0.29) is 18.1 Å². The quantitative estimate of drug-likeness (QED) is 0.454. The molecule has 0 unspecified atom stereocenters. The van der Waals surface area contributed by atoms with Gasteiger partial charge in [-0.25, -0.2) is 0 Å². The minimum Gasteiger partial charge on any atom is -0.395 e. The molecule has 0 aromatic heterocycles. The van der Waals surface area contributed by atoms with Crippen molar-refractivity contribution in [2.24, 2.45) is 5.92 Å². The Morgan fingerprint density at radius 1 is 0.852 bits per heavy atom. The molecule has 0 bridgehead atoms. The first-order chi connectivity index (χ1) is 13.1. The number of benzene rings is 2. The summed E-state index contributed by atoms with van der Waals surface area (Å²) in [6, 6.07) is 11.8. The van der Waals surface area contributed by atoms with Gasteiger partial charge in [0.25, 0.3) is 0 Å². The first kappa shape index (κ1) is 18.8. The van der Waals surface area contributed by atoms with Crippen LogP contribution in [0.4, 0.5) is 5.69 Å². The van der Waals surface area contributed by atoms with Crippen molar-refractivity contribution in [3.05, 3.63) is 64.7 Å². The molecule has 0 fully saturated rings. The molecule has 2 aromatic rings. The van der Waals surface area contributed by atoms with E-state index >= 15 is 0 Å². The molecule has 0 saturated heterocycles. The lowest BCUT2D eigenvalue weighted by atomic mass is 9.83. The number of nitrogens with one attached hydrogen (secondary N) is 2. The van der Waals surface area contributed by atoms with Crippen LogP contribution >= 0.6 is 0 Å². The molecular weight excluding hydrogens is 348 g/mol. The Morgan fingerprint density at radius 2 is 1.48 bits per heavy atom. The van der Waals surface area contributed by atoms with Crippen LogP contribution in [0.5, 0.6) is 0 Å². The Balaban J connectivity index is 1.73. The average molecular weight is 368 g/mol. The summed E-state index contributed by atoms with van der Waals surface area (Å²) < 4.78 is 0. The topological polar surface area (TPSA) is 116 Å². The summed E-state index contributed by atoms with van der Waals surface area (Å²) in [6.07, 6.45) is 0. The third-order valence-corrected chi connectivity index (χ3v) is 4.50. The van der Waals surface area contributed by atoms with E-state index in [0.29, 0.717) is 34.5 Å². The van der Waals surface area contributed by atoms with Crippen LogP contribution < -0.4 is 10.6 Å². The number of fused-ring (bicyclic) bond motifs is 2. The van der Waals surface area contributed by atoms with E-state index in [9.17, 15) is 14.4 Å². The number of ketones is 2. The van der Waals surface area contributed by atoms with Gasteiger partial charge >= 0.3 is 0 Å². The summed E-state index contributed by atoms with van der Waals surface area (Å²) in [7, 11) is 0. The van der Waals surface area contributed by atoms with Crippen LogP contribution in [0, 0.1) is 5.92 Å². The molecule has 0 heterocycles. The maximum absolute atomic E-state index is 12.9. The molecule has 1 aliphatic rings. The molecule has 0 aliphatic heterocycles. The lowest BCUT2D eigenvalue weighted by Gasteiger charge is -2.21. The molecule has 27 heavy (non-hydrogen) atoms. The van der Waals surface area contributed by atoms with E-state index in [1.807, 2.05) is 0 Å². The van der Waals surface area contributed by atoms with Crippen LogP contribution in [0.15, 0.2) is 42.5 Å². The van der Waals surface area contributed by atoms with Gasteiger partial charge in [0.2, 0.25) is 5.91 Å². The van der Waals surface area contributed by atoms with Crippen molar-refractivity contribution in [1.29, 1.82) is 0 Å². The largest absolute Gasteiger partial charge is 0.395 e. The standard InChI is InChI=1S/C20H20N2O5/c23-10-12(11-24)20(27)22-9-8-21-16-7-3-6-15-17(16)19(26)14-5-2-1-4-13(14)18(15)25/h1-7,12,21,23-24H,8-11H2,(H,22,27). The van der Waals surface area contributed by atoms with E-state index in [1.54, 1.807) is 42.5 Å². The van der Waals surface area contributed by atoms with E-state index in [0.717, 1.165) is 0 Å². The van der Waals surface area contributed by atoms with Gasteiger partial charge in [-0.2, -0.15) is 0 Å². The van der Waals surface area contributed by atoms with Gasteiger partial charge in [-0.1, -0.05) is 36.4 Å². The zero-order valence-electron chi connectivity index (χ0n) is 14.6. The van der Waals surface area contributed by atoms with Crippen molar-refractivity contribution < 1.29 is 24.6 Å². The summed E-state index contributed by atoms with van der Waals surface area (Å²) in [6.45, 7) is -0.317. The number of anilines is 1. The van der Waals surface area contributed by atoms with Crippen LogP contribution in [0.3, 0.4) is 0 Å². The lowest BCUT2D eigenvalue weighted by Crippen LogP contribution is -2.37. The molecule has 0 atom stereocenters. The van der Waals surface area contributed by atoms with Crippen molar-refractivity contribution in [2.45, 2.75) is 0 Å². The maximum atomic E-state index is 12.9. The van der Waals surface area contributed by atoms with Crippen molar-refractivity contribution in [3.63, 3.8) is 0 Å². The number of aliphatic hydroxyl groups excluding tert-OH is 2. The zero-order chi connectivity index (χ0) is 19.4. The normalized spacial score (nSPS) is 12.6. The predicted octanol–water partition coefficient (Wildman–Crippen LogP) is 0.591. The van der Waals surface area contributed by atoms with Gasteiger partial charge in [0, 0.05) is 35.5 Å². The van der Waals surface area contributed by atoms with Crippen LogP contribution in [0.25, 0.3) is 0 Å². The molecule has 1 amide bonds. The van der Waals surface area contributed by atoms with Gasteiger partial charge in [0.15, 0.2) is 11.6 Å². The third-order valence-electron chi connectivity index (χ3n) is 4.50. The highest BCUT2D eigenvalue weighted by molar-refractivity contribution is 6.30. The second-order valence-corrected chi connectivity index (χ2v) is 6.21. The Kier molecular flexibility index (Phi) is 5.63. The molecule has 2 aromatic carbocycles. The summed E-state index contributed by atoms with van der Waals surface area (Å²) in [5.41, 5.74) is 1.99. The second-order valence-electron chi connectivity index (χ2n) is 6.21. The number of rotatable bonds is 7. The van der Waals surface area contributed by atoms with Crippen molar-refractivity contribution in [2.75, 3.05) is 31.6 Å². The summed E-state index contributed by atoms with van der Waals surface area (Å²) >= 11 is 0. The van der Waals surface area contributed by atoms with Gasteiger partial charge in [0.1, 0.15) is 0 Å². The van der Waals surface area contributed by atoms with Gasteiger partial charge in [-0.05, 0) is 6.07 Å². The van der Waals surface area contributed by atoms with Crippen LogP contribution in [-0.4, -0.2) is 54.0 Å². The van der Waals surface area contributed by atoms with Gasteiger partial charge < -0.3 is 20.8 Å². The lowest BCUT2D eigenvalue weighted by molar-refractivity contribution is -0.127. The number of amides is 1. The van der Waals surface area contributed by atoms with Crippen molar-refractivity contribution >= 4 is 23.2 Å². The maximum Gasteiger partial charge on any atom is 0.227 e. The molecule has 7 nitrogen and oxygen atoms in total.